The van der Waals surface area contributed by atoms with Gasteiger partial charge in [-0.15, -0.1) is 0 Å². The molecule has 0 spiro atoms. The fraction of sp³-hybridized carbons (Fsp3) is 0.955. The Labute approximate surface area is 174 Å². The maximum absolute atomic E-state index is 12.4. The Morgan fingerprint density at radius 1 is 1.38 bits per heavy atom. The van der Waals surface area contributed by atoms with Crippen molar-refractivity contribution in [1.29, 1.82) is 0 Å². The van der Waals surface area contributed by atoms with Crippen LogP contribution in [0.4, 0.5) is 0 Å². The molecule has 2 aliphatic heterocycles. The molecule has 168 valence electrons. The topological polar surface area (TPSA) is 86.8 Å². The third-order valence-corrected chi connectivity index (χ3v) is 6.45. The number of fused-ring (bicyclic) bond motifs is 1. The Morgan fingerprint density at radius 2 is 2.14 bits per heavy atom. The van der Waals surface area contributed by atoms with Crippen molar-refractivity contribution < 1.29 is 33.6 Å². The first-order chi connectivity index (χ1) is 13.6. The van der Waals surface area contributed by atoms with Crippen LogP contribution >= 0.6 is 0 Å². The normalized spacial score (nSPS) is 36.3. The van der Waals surface area contributed by atoms with Gasteiger partial charge in [0.1, 0.15) is 6.10 Å². The summed E-state index contributed by atoms with van der Waals surface area (Å²) in [7, 11) is 0. The molecule has 7 heteroatoms. The molecule has 3 rings (SSSR count). The second-order valence-corrected chi connectivity index (χ2v) is 9.71. The number of aliphatic hydroxyl groups is 1. The molecule has 1 aliphatic carbocycles. The van der Waals surface area contributed by atoms with Crippen LogP contribution in [0.25, 0.3) is 0 Å². The lowest BCUT2D eigenvalue weighted by atomic mass is 9.82. The molecule has 7 atom stereocenters. The minimum Gasteiger partial charge on any atom is -0.436 e. The lowest BCUT2D eigenvalue weighted by molar-refractivity contribution is -0.187. The molecule has 0 aromatic heterocycles. The summed E-state index contributed by atoms with van der Waals surface area (Å²) in [6.07, 6.45) is 4.30. The molecule has 0 bridgehead atoms. The van der Waals surface area contributed by atoms with Crippen LogP contribution in [0.1, 0.15) is 73.1 Å². The van der Waals surface area contributed by atoms with Crippen LogP contribution < -0.4 is 0 Å². The molecule has 3 fully saturated rings. The monoisotopic (exact) mass is 414 g/mol. The average Bonchev–Trinajstić information content (AvgIpc) is 3.09. The molecule has 0 aromatic rings. The molecule has 7 nitrogen and oxygen atoms in total. The van der Waals surface area contributed by atoms with Gasteiger partial charge in [0.25, 0.3) is 0 Å². The van der Waals surface area contributed by atoms with E-state index in [0.717, 1.165) is 19.3 Å². The van der Waals surface area contributed by atoms with Gasteiger partial charge in [0.05, 0.1) is 36.4 Å². The Bertz CT molecular complexity index is 560. The summed E-state index contributed by atoms with van der Waals surface area (Å²) < 4.78 is 28.8. The first-order valence-corrected chi connectivity index (χ1v) is 11.1. The maximum atomic E-state index is 12.4. The molecular weight excluding hydrogens is 376 g/mol. The van der Waals surface area contributed by atoms with Crippen molar-refractivity contribution >= 4 is 5.97 Å². The van der Waals surface area contributed by atoms with Crippen molar-refractivity contribution in [1.82, 2.24) is 0 Å². The number of rotatable bonds is 10. The Hall–Kier alpha value is -0.730. The second-order valence-electron chi connectivity index (χ2n) is 9.71. The van der Waals surface area contributed by atoms with Crippen LogP contribution in [-0.4, -0.2) is 60.3 Å². The van der Waals surface area contributed by atoms with Gasteiger partial charge >= 0.3 is 5.97 Å². The second kappa shape index (κ2) is 9.18. The third kappa shape index (κ3) is 6.37. The van der Waals surface area contributed by atoms with E-state index in [-0.39, 0.29) is 29.9 Å². The molecule has 3 aliphatic rings. The fourth-order valence-electron chi connectivity index (χ4n) is 4.28. The lowest BCUT2D eigenvalue weighted by Crippen LogP contribution is -2.32. The van der Waals surface area contributed by atoms with Gasteiger partial charge in [0.2, 0.25) is 0 Å². The van der Waals surface area contributed by atoms with Gasteiger partial charge in [0, 0.05) is 5.92 Å². The van der Waals surface area contributed by atoms with Gasteiger partial charge in [-0.2, -0.15) is 0 Å². The van der Waals surface area contributed by atoms with Crippen LogP contribution in [0, 0.1) is 11.8 Å². The molecule has 1 saturated carbocycles. The molecule has 29 heavy (non-hydrogen) atoms. The van der Waals surface area contributed by atoms with Crippen molar-refractivity contribution in [2.45, 2.75) is 109 Å². The Balaban J connectivity index is 1.34. The van der Waals surface area contributed by atoms with E-state index in [1.807, 2.05) is 6.92 Å². The molecule has 1 N–H and O–H groups in total. The number of ether oxygens (including phenoxy) is 5. The summed E-state index contributed by atoms with van der Waals surface area (Å²) in [5, 5.41) is 9.87. The highest BCUT2D eigenvalue weighted by molar-refractivity contribution is 5.72. The van der Waals surface area contributed by atoms with Crippen LogP contribution in [0.3, 0.4) is 0 Å². The van der Waals surface area contributed by atoms with Crippen molar-refractivity contribution in [2.75, 3.05) is 13.2 Å². The number of esters is 1. The fourth-order valence-corrected chi connectivity index (χ4v) is 4.28. The van der Waals surface area contributed by atoms with Gasteiger partial charge in [-0.25, -0.2) is 0 Å². The van der Waals surface area contributed by atoms with Crippen LogP contribution in [-0.2, 0) is 28.5 Å². The van der Waals surface area contributed by atoms with Gasteiger partial charge in [-0.1, -0.05) is 6.92 Å². The molecule has 0 amide bonds. The maximum Gasteiger partial charge on any atom is 0.311 e. The van der Waals surface area contributed by atoms with E-state index in [0.29, 0.717) is 44.5 Å². The first-order valence-electron chi connectivity index (χ1n) is 11.1. The van der Waals surface area contributed by atoms with E-state index >= 15 is 0 Å². The van der Waals surface area contributed by atoms with E-state index in [1.54, 1.807) is 20.8 Å². The number of carbonyl (C=O) groups is 1. The van der Waals surface area contributed by atoms with Crippen molar-refractivity contribution in [3.63, 3.8) is 0 Å². The van der Waals surface area contributed by atoms with E-state index in [2.05, 4.69) is 6.92 Å². The number of hydrogen-bond acceptors (Lipinski definition) is 7. The first kappa shape index (κ1) is 22.9. The molecule has 0 aromatic carbocycles. The average molecular weight is 415 g/mol. The van der Waals surface area contributed by atoms with Crippen molar-refractivity contribution in [3.05, 3.63) is 0 Å². The zero-order valence-electron chi connectivity index (χ0n) is 18.5. The molecule has 2 heterocycles. The number of hydrogen-bond donors (Lipinski definition) is 1. The highest BCUT2D eigenvalue weighted by atomic mass is 16.7. The van der Waals surface area contributed by atoms with E-state index < -0.39 is 11.9 Å². The van der Waals surface area contributed by atoms with Crippen molar-refractivity contribution in [3.8, 4) is 0 Å². The van der Waals surface area contributed by atoms with Gasteiger partial charge in [0.15, 0.2) is 12.6 Å². The zero-order valence-corrected chi connectivity index (χ0v) is 18.5. The Kier molecular flexibility index (Phi) is 7.27. The quantitative estimate of drug-likeness (QED) is 0.334. The summed E-state index contributed by atoms with van der Waals surface area (Å²) in [4.78, 5) is 12.4. The van der Waals surface area contributed by atoms with Crippen molar-refractivity contribution in [2.24, 2.45) is 11.8 Å². The lowest BCUT2D eigenvalue weighted by Gasteiger charge is -2.26. The summed E-state index contributed by atoms with van der Waals surface area (Å²) in [5.41, 5.74) is -0.686. The van der Waals surface area contributed by atoms with E-state index in [4.69, 9.17) is 23.7 Å². The summed E-state index contributed by atoms with van der Waals surface area (Å²) in [5.74, 6) is -0.137. The predicted molar refractivity (Wildman–Crippen MR) is 106 cm³/mol. The summed E-state index contributed by atoms with van der Waals surface area (Å²) >= 11 is 0. The minimum atomic E-state index is -0.783. The van der Waals surface area contributed by atoms with Crippen LogP contribution in [0.15, 0.2) is 0 Å². The molecular formula is C22H38O7. The molecule has 2 saturated heterocycles. The summed E-state index contributed by atoms with van der Waals surface area (Å²) in [6, 6.07) is 0. The number of epoxide rings is 1. The standard InChI is InChI=1S/C22H38O7/c1-6-15(7-9-21(3,4)24)19(23)27-14(2)25-12-17-13-26-20(28-17)16-8-10-22(5)18(11-16)29-22/h14-18,20,24H,6-13H2,1-5H3. The van der Waals surface area contributed by atoms with E-state index in [9.17, 15) is 9.90 Å². The number of carbonyl (C=O) groups excluding carboxylic acids is 1. The highest BCUT2D eigenvalue weighted by Gasteiger charge is 2.56. The van der Waals surface area contributed by atoms with E-state index in [1.165, 1.54) is 0 Å². The molecule has 0 radical (unpaired) electrons. The Morgan fingerprint density at radius 3 is 2.79 bits per heavy atom. The SMILES string of the molecule is CCC(CCC(C)(C)O)C(=O)OC(C)OCC1COC(C2CCC3(C)OC3C2)O1. The van der Waals surface area contributed by atoms with Gasteiger partial charge in [-0.3, -0.25) is 4.79 Å². The van der Waals surface area contributed by atoms with Crippen LogP contribution in [0.5, 0.6) is 0 Å². The highest BCUT2D eigenvalue weighted by Crippen LogP contribution is 2.50. The smallest absolute Gasteiger partial charge is 0.311 e. The predicted octanol–water partition coefficient (Wildman–Crippen LogP) is 3.17. The summed E-state index contributed by atoms with van der Waals surface area (Å²) in [6.45, 7) is 10.2. The van der Waals surface area contributed by atoms with Gasteiger partial charge < -0.3 is 28.8 Å². The van der Waals surface area contributed by atoms with Gasteiger partial charge in [-0.05, 0) is 66.2 Å². The van der Waals surface area contributed by atoms with Crippen LogP contribution in [0.2, 0.25) is 0 Å². The third-order valence-electron chi connectivity index (χ3n) is 6.45. The largest absolute Gasteiger partial charge is 0.436 e. The molecule has 7 unspecified atom stereocenters. The zero-order chi connectivity index (χ0) is 21.2. The minimum absolute atomic E-state index is 0.0974.